The van der Waals surface area contributed by atoms with Gasteiger partial charge < -0.3 is 15.8 Å². The minimum absolute atomic E-state index is 0.0202. The highest BCUT2D eigenvalue weighted by molar-refractivity contribution is 6.32. The van der Waals surface area contributed by atoms with Crippen LogP contribution in [0.5, 0.6) is 5.75 Å². The summed E-state index contributed by atoms with van der Waals surface area (Å²) in [4.78, 5) is 20.8. The van der Waals surface area contributed by atoms with E-state index in [1.807, 2.05) is 0 Å². The van der Waals surface area contributed by atoms with Crippen LogP contribution in [0, 0.1) is 0 Å². The third kappa shape index (κ3) is 4.89. The standard InChI is InChI=1S/C20H14ClF3N6O2/c21-17-15(18(31)27-9-11-2-1-3-14(6-11)32-20(22,23)24)7-13(10-26-17)12-4-5-30-16(8-12)28-19(25)29-30/h1-8,10H,9H2,(H2,25,29)(H,27,31). The summed E-state index contributed by atoms with van der Waals surface area (Å²) >= 11 is 6.10. The Morgan fingerprint density at radius 1 is 1.19 bits per heavy atom. The molecule has 0 radical (unpaired) electrons. The molecule has 164 valence electrons. The fraction of sp³-hybridized carbons (Fsp3) is 0.100. The van der Waals surface area contributed by atoms with Crippen molar-refractivity contribution in [1.29, 1.82) is 0 Å². The van der Waals surface area contributed by atoms with Crippen molar-refractivity contribution in [1.82, 2.24) is 24.9 Å². The molecule has 0 unspecified atom stereocenters. The summed E-state index contributed by atoms with van der Waals surface area (Å²) in [6.07, 6.45) is -1.64. The van der Waals surface area contributed by atoms with E-state index >= 15 is 0 Å². The minimum Gasteiger partial charge on any atom is -0.406 e. The molecule has 4 rings (SSSR count). The van der Waals surface area contributed by atoms with Crippen molar-refractivity contribution in [2.45, 2.75) is 12.9 Å². The molecule has 0 saturated carbocycles. The van der Waals surface area contributed by atoms with Crippen LogP contribution in [0.25, 0.3) is 16.8 Å². The van der Waals surface area contributed by atoms with Gasteiger partial charge in [-0.1, -0.05) is 23.7 Å². The van der Waals surface area contributed by atoms with E-state index in [0.29, 0.717) is 22.3 Å². The Hall–Kier alpha value is -3.86. The van der Waals surface area contributed by atoms with Crippen molar-refractivity contribution in [3.05, 3.63) is 71.1 Å². The van der Waals surface area contributed by atoms with Crippen LogP contribution in [0.2, 0.25) is 5.15 Å². The summed E-state index contributed by atoms with van der Waals surface area (Å²) in [6.45, 7) is -0.0422. The van der Waals surface area contributed by atoms with Gasteiger partial charge in [0.25, 0.3) is 5.91 Å². The molecule has 12 heteroatoms. The van der Waals surface area contributed by atoms with Gasteiger partial charge in [0.2, 0.25) is 5.95 Å². The number of nitrogens with zero attached hydrogens (tertiary/aromatic N) is 4. The van der Waals surface area contributed by atoms with Gasteiger partial charge in [-0.15, -0.1) is 18.3 Å². The van der Waals surface area contributed by atoms with E-state index in [-0.39, 0.29) is 29.0 Å². The highest BCUT2D eigenvalue weighted by atomic mass is 35.5. The maximum Gasteiger partial charge on any atom is 0.573 e. The van der Waals surface area contributed by atoms with Crippen LogP contribution in [0.4, 0.5) is 19.1 Å². The van der Waals surface area contributed by atoms with E-state index in [9.17, 15) is 18.0 Å². The molecule has 32 heavy (non-hydrogen) atoms. The summed E-state index contributed by atoms with van der Waals surface area (Å²) < 4.78 is 42.6. The number of alkyl halides is 3. The molecule has 0 bridgehead atoms. The molecular formula is C20H14ClF3N6O2. The van der Waals surface area contributed by atoms with E-state index < -0.39 is 12.3 Å². The van der Waals surface area contributed by atoms with Gasteiger partial charge in [-0.25, -0.2) is 9.50 Å². The van der Waals surface area contributed by atoms with Gasteiger partial charge in [0.1, 0.15) is 10.9 Å². The predicted molar refractivity (Wildman–Crippen MR) is 110 cm³/mol. The van der Waals surface area contributed by atoms with Gasteiger partial charge in [0.05, 0.1) is 5.56 Å². The molecular weight excluding hydrogens is 449 g/mol. The lowest BCUT2D eigenvalue weighted by molar-refractivity contribution is -0.274. The molecule has 3 heterocycles. The average molecular weight is 463 g/mol. The first-order valence-electron chi connectivity index (χ1n) is 9.09. The van der Waals surface area contributed by atoms with E-state index in [1.54, 1.807) is 30.5 Å². The van der Waals surface area contributed by atoms with E-state index in [1.165, 1.54) is 28.9 Å². The van der Waals surface area contributed by atoms with E-state index in [2.05, 4.69) is 25.1 Å². The monoisotopic (exact) mass is 462 g/mol. The van der Waals surface area contributed by atoms with Gasteiger partial charge in [0, 0.05) is 24.5 Å². The van der Waals surface area contributed by atoms with Gasteiger partial charge in [-0.3, -0.25) is 4.79 Å². The van der Waals surface area contributed by atoms with Crippen LogP contribution >= 0.6 is 11.6 Å². The molecule has 0 fully saturated rings. The van der Waals surface area contributed by atoms with Gasteiger partial charge >= 0.3 is 6.36 Å². The highest BCUT2D eigenvalue weighted by Gasteiger charge is 2.31. The minimum atomic E-state index is -4.80. The Balaban J connectivity index is 1.52. The number of nitrogens with one attached hydrogen (secondary N) is 1. The topological polar surface area (TPSA) is 107 Å². The number of anilines is 1. The van der Waals surface area contributed by atoms with Crippen LogP contribution in [-0.4, -0.2) is 31.9 Å². The molecule has 3 aromatic heterocycles. The molecule has 4 aromatic rings. The Kier molecular flexibility index (Phi) is 5.57. The zero-order chi connectivity index (χ0) is 22.9. The van der Waals surface area contributed by atoms with Gasteiger partial charge in [-0.2, -0.15) is 4.98 Å². The largest absolute Gasteiger partial charge is 0.573 e. The molecule has 0 aliphatic rings. The lowest BCUT2D eigenvalue weighted by atomic mass is 10.1. The number of nitrogen functional groups attached to an aromatic ring is 1. The molecule has 0 aliphatic heterocycles. The molecule has 0 saturated heterocycles. The summed E-state index contributed by atoms with van der Waals surface area (Å²) in [5.41, 5.74) is 7.94. The summed E-state index contributed by atoms with van der Waals surface area (Å²) in [5, 5.41) is 6.59. The predicted octanol–water partition coefficient (Wildman–Crippen LogP) is 3.86. The van der Waals surface area contributed by atoms with Crippen molar-refractivity contribution in [3.63, 3.8) is 0 Å². The van der Waals surface area contributed by atoms with Crippen LogP contribution in [-0.2, 0) is 6.54 Å². The fourth-order valence-electron chi connectivity index (χ4n) is 2.97. The number of hydrogen-bond donors (Lipinski definition) is 2. The number of benzene rings is 1. The maximum absolute atomic E-state index is 12.7. The number of amides is 1. The first kappa shape index (κ1) is 21.4. The van der Waals surface area contributed by atoms with Crippen molar-refractivity contribution >= 4 is 29.1 Å². The molecule has 0 atom stereocenters. The third-order valence-electron chi connectivity index (χ3n) is 4.36. The maximum atomic E-state index is 12.7. The van der Waals surface area contributed by atoms with Gasteiger partial charge in [-0.05, 0) is 41.5 Å². The number of nitrogens with two attached hydrogens (primary N) is 1. The number of rotatable bonds is 5. The number of carbonyl (C=O) groups is 1. The summed E-state index contributed by atoms with van der Waals surface area (Å²) in [5.74, 6) is -0.795. The number of hydrogen-bond acceptors (Lipinski definition) is 6. The smallest absolute Gasteiger partial charge is 0.406 e. The van der Waals surface area contributed by atoms with E-state index in [0.717, 1.165) is 0 Å². The molecule has 1 amide bonds. The molecule has 8 nitrogen and oxygen atoms in total. The highest BCUT2D eigenvalue weighted by Crippen LogP contribution is 2.25. The van der Waals surface area contributed by atoms with Crippen molar-refractivity contribution in [2.24, 2.45) is 0 Å². The van der Waals surface area contributed by atoms with Crippen LogP contribution < -0.4 is 15.8 Å². The Bertz CT molecular complexity index is 1310. The quantitative estimate of drug-likeness (QED) is 0.436. The van der Waals surface area contributed by atoms with Gasteiger partial charge in [0.15, 0.2) is 5.65 Å². The average Bonchev–Trinajstić information content (AvgIpc) is 3.10. The van der Waals surface area contributed by atoms with Crippen molar-refractivity contribution in [3.8, 4) is 16.9 Å². The number of pyridine rings is 2. The first-order chi connectivity index (χ1) is 15.2. The second kappa shape index (κ2) is 8.35. The number of fused-ring (bicyclic) bond motifs is 1. The zero-order valence-electron chi connectivity index (χ0n) is 16.1. The molecule has 0 aliphatic carbocycles. The molecule has 3 N–H and O–H groups in total. The van der Waals surface area contributed by atoms with Crippen LogP contribution in [0.15, 0.2) is 54.9 Å². The lowest BCUT2D eigenvalue weighted by Gasteiger charge is -2.11. The van der Waals surface area contributed by atoms with Crippen molar-refractivity contribution < 1.29 is 22.7 Å². The lowest BCUT2D eigenvalue weighted by Crippen LogP contribution is -2.23. The molecule has 1 aromatic carbocycles. The SMILES string of the molecule is Nc1nc2cc(-c3cnc(Cl)c(C(=O)NCc4cccc(OC(F)(F)F)c4)c3)ccn2n1. The normalized spacial score (nSPS) is 11.5. The number of aromatic nitrogens is 4. The third-order valence-corrected chi connectivity index (χ3v) is 4.66. The first-order valence-corrected chi connectivity index (χ1v) is 9.46. The number of ether oxygens (including phenoxy) is 1. The van der Waals surface area contributed by atoms with Crippen molar-refractivity contribution in [2.75, 3.05) is 5.73 Å². The Morgan fingerprint density at radius 3 is 2.78 bits per heavy atom. The zero-order valence-corrected chi connectivity index (χ0v) is 16.9. The second-order valence-corrected chi connectivity index (χ2v) is 6.99. The van der Waals surface area contributed by atoms with Crippen LogP contribution in [0.3, 0.4) is 0 Å². The summed E-state index contributed by atoms with van der Waals surface area (Å²) in [6, 6.07) is 10.3. The Morgan fingerprint density at radius 2 is 2.00 bits per heavy atom. The van der Waals surface area contributed by atoms with E-state index in [4.69, 9.17) is 17.3 Å². The number of carbonyl (C=O) groups excluding carboxylic acids is 1. The molecule has 0 spiro atoms. The number of halogens is 4. The van der Waals surface area contributed by atoms with Crippen LogP contribution in [0.1, 0.15) is 15.9 Å². The fourth-order valence-corrected chi connectivity index (χ4v) is 3.16. The summed E-state index contributed by atoms with van der Waals surface area (Å²) in [7, 11) is 0. The Labute approximate surface area is 183 Å². The second-order valence-electron chi connectivity index (χ2n) is 6.63.